The summed E-state index contributed by atoms with van der Waals surface area (Å²) in [6.45, 7) is 0.701. The van der Waals surface area contributed by atoms with Crippen molar-refractivity contribution in [2.75, 3.05) is 0 Å². The standard InChI is InChI=1S/C36H31FN6S/c37-30-18-19-32-26(23-38-33(32)22-30)21-34-40-41-35(44)43(34)20-10-17-31-24-42(25-39-31)36(27-11-4-1-5-12-27,28-13-6-2-7-14-28)29-15-8-3-9-16-29/h1-9,11-16,18-19,22-25,38H,10,17,20-21H2,(H,41,44). The van der Waals surface area contributed by atoms with Crippen LogP contribution in [-0.2, 0) is 24.9 Å². The fourth-order valence-corrected chi connectivity index (χ4v) is 6.50. The SMILES string of the molecule is Fc1ccc2c(Cc3nnc(S)n3CCCc3cn(C(c4ccccc4)(c4ccccc4)c4ccccc4)cn3)c[nH]c2c1. The van der Waals surface area contributed by atoms with Gasteiger partial charge in [0.25, 0.3) is 0 Å². The van der Waals surface area contributed by atoms with Gasteiger partial charge in [0.15, 0.2) is 5.16 Å². The lowest BCUT2D eigenvalue weighted by atomic mass is 9.77. The Morgan fingerprint density at radius 1 is 0.795 bits per heavy atom. The van der Waals surface area contributed by atoms with E-state index in [4.69, 9.17) is 4.98 Å². The van der Waals surface area contributed by atoms with Crippen LogP contribution in [0.2, 0.25) is 0 Å². The molecule has 7 aromatic rings. The van der Waals surface area contributed by atoms with Crippen molar-refractivity contribution in [1.29, 1.82) is 0 Å². The van der Waals surface area contributed by atoms with Gasteiger partial charge in [-0.05, 0) is 53.3 Å². The van der Waals surface area contributed by atoms with Crippen molar-refractivity contribution in [3.8, 4) is 0 Å². The van der Waals surface area contributed by atoms with Crippen LogP contribution in [0.15, 0.2) is 133 Å². The number of nitrogens with one attached hydrogen (secondary N) is 1. The van der Waals surface area contributed by atoms with E-state index in [1.165, 1.54) is 12.1 Å². The molecule has 7 rings (SSSR count). The number of thiol groups is 1. The van der Waals surface area contributed by atoms with E-state index in [2.05, 4.69) is 130 Å². The first-order valence-corrected chi connectivity index (χ1v) is 15.1. The molecule has 0 aliphatic rings. The lowest BCUT2D eigenvalue weighted by molar-refractivity contribution is 0.513. The van der Waals surface area contributed by atoms with Gasteiger partial charge in [-0.1, -0.05) is 91.0 Å². The van der Waals surface area contributed by atoms with Gasteiger partial charge >= 0.3 is 0 Å². The zero-order chi connectivity index (χ0) is 29.9. The molecule has 0 aliphatic heterocycles. The van der Waals surface area contributed by atoms with E-state index in [1.807, 2.05) is 17.1 Å². The third-order valence-corrected chi connectivity index (χ3v) is 8.63. The number of fused-ring (bicyclic) bond motifs is 1. The van der Waals surface area contributed by atoms with Crippen molar-refractivity contribution in [3.05, 3.63) is 168 Å². The molecule has 0 bridgehead atoms. The molecule has 0 saturated carbocycles. The first kappa shape index (κ1) is 27.9. The van der Waals surface area contributed by atoms with E-state index in [0.29, 0.717) is 18.1 Å². The number of aromatic nitrogens is 6. The van der Waals surface area contributed by atoms with Gasteiger partial charge in [0.05, 0.1) is 12.0 Å². The Morgan fingerprint density at radius 2 is 1.43 bits per heavy atom. The van der Waals surface area contributed by atoms with Gasteiger partial charge in [0.1, 0.15) is 17.2 Å². The van der Waals surface area contributed by atoms with Crippen LogP contribution in [-0.4, -0.2) is 29.3 Å². The Bertz CT molecular complexity index is 1900. The number of halogens is 1. The summed E-state index contributed by atoms with van der Waals surface area (Å²) in [6.07, 6.45) is 8.22. The minimum absolute atomic E-state index is 0.261. The highest BCUT2D eigenvalue weighted by Crippen LogP contribution is 2.40. The number of H-pyrrole nitrogens is 1. The first-order valence-electron chi connectivity index (χ1n) is 14.7. The molecule has 0 saturated heterocycles. The van der Waals surface area contributed by atoms with Gasteiger partial charge in [-0.25, -0.2) is 9.37 Å². The summed E-state index contributed by atoms with van der Waals surface area (Å²) >= 11 is 4.59. The lowest BCUT2D eigenvalue weighted by Crippen LogP contribution is -2.36. The van der Waals surface area contributed by atoms with Crippen molar-refractivity contribution in [2.24, 2.45) is 0 Å². The molecule has 4 aromatic carbocycles. The Hall–Kier alpha value is -4.95. The number of rotatable bonds is 10. The molecule has 0 amide bonds. The van der Waals surface area contributed by atoms with E-state index >= 15 is 0 Å². The number of hydrogen-bond acceptors (Lipinski definition) is 4. The summed E-state index contributed by atoms with van der Waals surface area (Å²) in [7, 11) is 0. The number of benzene rings is 4. The number of nitrogens with zero attached hydrogens (tertiary/aromatic N) is 5. The highest BCUT2D eigenvalue weighted by atomic mass is 32.1. The second-order valence-electron chi connectivity index (χ2n) is 10.9. The average Bonchev–Trinajstić information content (AvgIpc) is 3.79. The summed E-state index contributed by atoms with van der Waals surface area (Å²) in [4.78, 5) is 8.06. The molecule has 0 atom stereocenters. The monoisotopic (exact) mass is 598 g/mol. The number of aromatic amines is 1. The van der Waals surface area contributed by atoms with Crippen LogP contribution in [0.5, 0.6) is 0 Å². The molecule has 8 heteroatoms. The zero-order valence-corrected chi connectivity index (χ0v) is 24.9. The van der Waals surface area contributed by atoms with Crippen LogP contribution in [0.4, 0.5) is 4.39 Å². The maximum absolute atomic E-state index is 13.7. The maximum atomic E-state index is 13.7. The van der Waals surface area contributed by atoms with Gasteiger partial charge < -0.3 is 14.1 Å². The maximum Gasteiger partial charge on any atom is 0.188 e. The smallest absolute Gasteiger partial charge is 0.188 e. The van der Waals surface area contributed by atoms with Crippen molar-refractivity contribution in [1.82, 2.24) is 29.3 Å². The van der Waals surface area contributed by atoms with Crippen LogP contribution in [0.1, 0.15) is 40.2 Å². The van der Waals surface area contributed by atoms with Gasteiger partial charge in [0.2, 0.25) is 0 Å². The normalized spacial score (nSPS) is 11.8. The topological polar surface area (TPSA) is 64.3 Å². The van der Waals surface area contributed by atoms with E-state index in [9.17, 15) is 4.39 Å². The molecule has 3 heterocycles. The minimum atomic E-state index is -0.586. The highest BCUT2D eigenvalue weighted by Gasteiger charge is 2.38. The molecule has 6 nitrogen and oxygen atoms in total. The molecule has 0 aliphatic carbocycles. The quantitative estimate of drug-likeness (QED) is 0.127. The summed E-state index contributed by atoms with van der Waals surface area (Å²) in [5.41, 5.74) is 5.72. The molecule has 1 N–H and O–H groups in total. The Labute approximate surface area is 260 Å². The van der Waals surface area contributed by atoms with Crippen molar-refractivity contribution in [3.63, 3.8) is 0 Å². The van der Waals surface area contributed by atoms with Crippen LogP contribution in [0.25, 0.3) is 10.9 Å². The molecule has 0 spiro atoms. The fourth-order valence-electron chi connectivity index (χ4n) is 6.24. The van der Waals surface area contributed by atoms with Crippen LogP contribution in [0.3, 0.4) is 0 Å². The summed E-state index contributed by atoms with van der Waals surface area (Å²) in [5, 5.41) is 10.2. The summed E-state index contributed by atoms with van der Waals surface area (Å²) in [6, 6.07) is 36.6. The van der Waals surface area contributed by atoms with Crippen LogP contribution in [0, 0.1) is 5.82 Å². The Balaban J connectivity index is 1.16. The second-order valence-corrected chi connectivity index (χ2v) is 11.3. The lowest BCUT2D eigenvalue weighted by Gasteiger charge is -2.37. The molecule has 0 fully saturated rings. The van der Waals surface area contributed by atoms with E-state index in [1.54, 1.807) is 6.07 Å². The zero-order valence-electron chi connectivity index (χ0n) is 24.0. The molecule has 44 heavy (non-hydrogen) atoms. The predicted octanol–water partition coefficient (Wildman–Crippen LogP) is 7.45. The molecule has 218 valence electrons. The van der Waals surface area contributed by atoms with Crippen molar-refractivity contribution < 1.29 is 4.39 Å². The van der Waals surface area contributed by atoms with Crippen LogP contribution >= 0.6 is 12.6 Å². The van der Waals surface area contributed by atoms with Gasteiger partial charge in [-0.3, -0.25) is 0 Å². The fraction of sp³-hybridized carbons (Fsp3) is 0.139. The summed E-state index contributed by atoms with van der Waals surface area (Å²) in [5.74, 6) is 0.560. The van der Waals surface area contributed by atoms with Gasteiger partial charge in [-0.15, -0.1) is 22.8 Å². The molecular weight excluding hydrogens is 568 g/mol. The molecular formula is C36H31FN6S. The van der Waals surface area contributed by atoms with Gasteiger partial charge in [-0.2, -0.15) is 0 Å². The second kappa shape index (κ2) is 12.0. The Morgan fingerprint density at radius 3 is 2.07 bits per heavy atom. The van der Waals surface area contributed by atoms with Crippen molar-refractivity contribution >= 4 is 23.5 Å². The largest absolute Gasteiger partial charge is 0.361 e. The number of hydrogen-bond donors (Lipinski definition) is 2. The molecule has 0 unspecified atom stereocenters. The van der Waals surface area contributed by atoms with Crippen molar-refractivity contribution in [2.45, 2.75) is 36.5 Å². The number of aryl methyl sites for hydroxylation is 1. The minimum Gasteiger partial charge on any atom is -0.361 e. The highest BCUT2D eigenvalue weighted by molar-refractivity contribution is 7.80. The predicted molar refractivity (Wildman–Crippen MR) is 173 cm³/mol. The van der Waals surface area contributed by atoms with Crippen LogP contribution < -0.4 is 0 Å². The first-order chi connectivity index (χ1) is 21.6. The molecule has 3 aromatic heterocycles. The third-order valence-electron chi connectivity index (χ3n) is 8.30. The van der Waals surface area contributed by atoms with Gasteiger partial charge in [0, 0.05) is 36.3 Å². The summed E-state index contributed by atoms with van der Waals surface area (Å²) < 4.78 is 18.0. The molecule has 0 radical (unpaired) electrons. The number of imidazole rings is 1. The van der Waals surface area contributed by atoms with E-state index in [-0.39, 0.29) is 5.82 Å². The average molecular weight is 599 g/mol. The van der Waals surface area contributed by atoms with E-state index in [0.717, 1.165) is 57.5 Å². The Kier molecular flexibility index (Phi) is 7.58. The third kappa shape index (κ3) is 5.11. The van der Waals surface area contributed by atoms with E-state index < -0.39 is 5.54 Å².